The lowest BCUT2D eigenvalue weighted by atomic mass is 9.91. The predicted octanol–water partition coefficient (Wildman–Crippen LogP) is 7.16. The fraction of sp³-hybridized carbons (Fsp3) is 0.585. The van der Waals surface area contributed by atoms with Crippen LogP contribution in [0.5, 0.6) is 5.75 Å². The fourth-order valence-electron chi connectivity index (χ4n) is 6.54. The van der Waals surface area contributed by atoms with Crippen LogP contribution < -0.4 is 10.1 Å². The third kappa shape index (κ3) is 14.1. The number of halogens is 1. The number of nitrogens with one attached hydrogen (secondary N) is 1. The van der Waals surface area contributed by atoms with Crippen molar-refractivity contribution >= 4 is 36.0 Å². The van der Waals surface area contributed by atoms with Gasteiger partial charge in [0.2, 0.25) is 11.8 Å². The summed E-state index contributed by atoms with van der Waals surface area (Å²) in [5.74, 6) is -0.152. The van der Waals surface area contributed by atoms with E-state index in [-0.39, 0.29) is 30.9 Å². The minimum atomic E-state index is -0.701. The smallest absolute Gasteiger partial charge is 0.410 e. The molecule has 2 aliphatic rings. The molecule has 1 N–H and O–H groups in total. The molecule has 1 aromatic heterocycles. The minimum Gasteiger partial charge on any atom is -0.491 e. The number of hydrogen-bond acceptors (Lipinski definition) is 8. The molecule has 0 spiro atoms. The molecule has 2 aliphatic heterocycles. The number of rotatable bonds is 13. The van der Waals surface area contributed by atoms with Crippen LogP contribution >= 0.6 is 0 Å². The first-order valence-electron chi connectivity index (χ1n) is 18.8. The van der Waals surface area contributed by atoms with Crippen LogP contribution in [0.2, 0.25) is 0 Å². The summed E-state index contributed by atoms with van der Waals surface area (Å²) in [7, 11) is 0. The second-order valence-electron chi connectivity index (χ2n) is 16.0. The molecule has 12 heteroatoms. The molecule has 2 aromatic rings. The van der Waals surface area contributed by atoms with Gasteiger partial charge in [0, 0.05) is 45.0 Å². The number of carbonyl (C=O) groups excluding carboxylic acids is 4. The Morgan fingerprint density at radius 3 is 2.34 bits per heavy atom. The van der Waals surface area contributed by atoms with Crippen molar-refractivity contribution in [2.45, 2.75) is 104 Å². The van der Waals surface area contributed by atoms with Gasteiger partial charge in [0.15, 0.2) is 0 Å². The van der Waals surface area contributed by atoms with Crippen molar-refractivity contribution in [3.8, 4) is 5.75 Å². The van der Waals surface area contributed by atoms with Crippen molar-refractivity contribution in [2.24, 2.45) is 11.8 Å². The molecule has 2 fully saturated rings. The normalized spacial score (nSPS) is 17.7. The molecule has 1 aromatic carbocycles. The van der Waals surface area contributed by atoms with Crippen LogP contribution in [0, 0.1) is 11.8 Å². The third-order valence-corrected chi connectivity index (χ3v) is 9.14. The van der Waals surface area contributed by atoms with Gasteiger partial charge in [-0.15, -0.1) is 0 Å². The Morgan fingerprint density at radius 1 is 0.925 bits per heavy atom. The highest BCUT2D eigenvalue weighted by atomic mass is 19.1. The number of aromatic nitrogens is 1. The first-order valence-corrected chi connectivity index (χ1v) is 18.8. The van der Waals surface area contributed by atoms with Gasteiger partial charge in [-0.05, 0) is 114 Å². The molecule has 0 aliphatic carbocycles. The molecule has 2 atom stereocenters. The average Bonchev–Trinajstić information content (AvgIpc) is 3.11. The molecule has 2 unspecified atom stereocenters. The summed E-state index contributed by atoms with van der Waals surface area (Å²) in [5, 5.41) is 3.09. The van der Waals surface area contributed by atoms with E-state index in [1.54, 1.807) is 49.0 Å². The number of esters is 1. The highest BCUT2D eigenvalue weighted by Gasteiger charge is 2.32. The first kappa shape index (κ1) is 41.3. The maximum atomic E-state index is 13.8. The summed E-state index contributed by atoms with van der Waals surface area (Å²) in [6.45, 7) is 12.5. The highest BCUT2D eigenvalue weighted by Crippen LogP contribution is 2.27. The van der Waals surface area contributed by atoms with Crippen molar-refractivity contribution < 1.29 is 37.8 Å². The molecule has 53 heavy (non-hydrogen) atoms. The van der Waals surface area contributed by atoms with Gasteiger partial charge in [0.05, 0.1) is 18.4 Å². The average molecular weight is 737 g/mol. The van der Waals surface area contributed by atoms with Crippen molar-refractivity contribution in [1.29, 1.82) is 0 Å². The van der Waals surface area contributed by atoms with Gasteiger partial charge in [-0.1, -0.05) is 24.3 Å². The molecule has 2 saturated heterocycles. The van der Waals surface area contributed by atoms with Gasteiger partial charge < -0.3 is 29.3 Å². The van der Waals surface area contributed by atoms with Crippen LogP contribution in [0.4, 0.5) is 9.18 Å². The number of pyridine rings is 1. The number of amides is 3. The zero-order valence-corrected chi connectivity index (χ0v) is 32.2. The number of benzene rings is 1. The van der Waals surface area contributed by atoms with Crippen LogP contribution in [-0.4, -0.2) is 89.3 Å². The number of alkyl halides is 1. The Kier molecular flexibility index (Phi) is 14.8. The molecule has 0 radical (unpaired) electrons. The summed E-state index contributed by atoms with van der Waals surface area (Å²) in [6.07, 6.45) is 10.8. The van der Waals surface area contributed by atoms with Crippen LogP contribution in [0.25, 0.3) is 12.2 Å². The Morgan fingerprint density at radius 2 is 1.64 bits per heavy atom. The van der Waals surface area contributed by atoms with Gasteiger partial charge in [-0.2, -0.15) is 0 Å². The Hall–Kier alpha value is -4.48. The van der Waals surface area contributed by atoms with E-state index in [1.807, 2.05) is 57.2 Å². The second kappa shape index (κ2) is 19.0. The second-order valence-corrected chi connectivity index (χ2v) is 16.0. The number of nitrogens with zero attached hydrogens (tertiary/aromatic N) is 3. The molecule has 3 heterocycles. The minimum absolute atomic E-state index is 0.0154. The zero-order valence-electron chi connectivity index (χ0n) is 32.2. The largest absolute Gasteiger partial charge is 0.491 e. The van der Waals surface area contributed by atoms with E-state index in [4.69, 9.17) is 14.2 Å². The van der Waals surface area contributed by atoms with Gasteiger partial charge in [0.25, 0.3) is 0 Å². The van der Waals surface area contributed by atoms with Crippen molar-refractivity contribution in [1.82, 2.24) is 20.1 Å². The van der Waals surface area contributed by atoms with Crippen LogP contribution in [-0.2, 0) is 23.9 Å². The number of carbonyl (C=O) groups is 4. The van der Waals surface area contributed by atoms with Crippen molar-refractivity contribution in [2.75, 3.05) is 39.5 Å². The van der Waals surface area contributed by atoms with E-state index in [9.17, 15) is 23.6 Å². The van der Waals surface area contributed by atoms with E-state index in [0.29, 0.717) is 62.7 Å². The van der Waals surface area contributed by atoms with E-state index >= 15 is 0 Å². The number of hydrogen-bond donors (Lipinski definition) is 1. The topological polar surface area (TPSA) is 127 Å². The van der Waals surface area contributed by atoms with Gasteiger partial charge in [-0.3, -0.25) is 19.4 Å². The summed E-state index contributed by atoms with van der Waals surface area (Å²) < 4.78 is 29.1. The number of ether oxygens (including phenoxy) is 3. The predicted molar refractivity (Wildman–Crippen MR) is 201 cm³/mol. The van der Waals surface area contributed by atoms with Gasteiger partial charge >= 0.3 is 12.1 Å². The summed E-state index contributed by atoms with van der Waals surface area (Å²) in [4.78, 5) is 60.5. The number of piperidine rings is 2. The van der Waals surface area contributed by atoms with E-state index in [0.717, 1.165) is 30.4 Å². The van der Waals surface area contributed by atoms with Crippen molar-refractivity contribution in [3.63, 3.8) is 0 Å². The molecular formula is C41H57FN4O7. The van der Waals surface area contributed by atoms with Crippen LogP contribution in [0.1, 0.15) is 109 Å². The Labute approximate surface area is 313 Å². The fourth-order valence-corrected chi connectivity index (χ4v) is 6.54. The summed E-state index contributed by atoms with van der Waals surface area (Å²) >= 11 is 0. The number of likely N-dealkylation sites (tertiary alicyclic amines) is 2. The molecule has 0 bridgehead atoms. The SMILES string of the molecule is CC(C)(C)OC(=O)CC(NC(=O)C1CCCN(C(=O)CCC2CCN(C(=O)OC(C)(C)C)CC2)C1)c1cncc(/C=C/c2cccc(OCCF)c2)c1. The Bertz CT molecular complexity index is 1580. The lowest BCUT2D eigenvalue weighted by Crippen LogP contribution is -2.46. The lowest BCUT2D eigenvalue weighted by Gasteiger charge is -2.35. The monoisotopic (exact) mass is 736 g/mol. The summed E-state index contributed by atoms with van der Waals surface area (Å²) in [6, 6.07) is 8.47. The van der Waals surface area contributed by atoms with Gasteiger partial charge in [0.1, 0.15) is 30.2 Å². The standard InChI is InChI=1S/C41H57FN4O7/c1-40(2,3)52-37(48)25-35(33-23-31(26-43-27-33)13-12-30-9-7-11-34(24-30)51-22-18-42)44-38(49)32-10-8-19-46(28-32)36(47)15-14-29-16-20-45(21-17-29)39(50)53-41(4,5)6/h7,9,11-13,23-24,26-27,29,32,35H,8,10,14-22,25,28H2,1-6H3,(H,44,49)/b13-12+. The first-order chi connectivity index (χ1) is 25.1. The maximum Gasteiger partial charge on any atom is 0.410 e. The van der Waals surface area contributed by atoms with E-state index in [2.05, 4.69) is 10.3 Å². The van der Waals surface area contributed by atoms with E-state index < -0.39 is 35.8 Å². The molecule has 3 amide bonds. The van der Waals surface area contributed by atoms with Gasteiger partial charge in [-0.25, -0.2) is 9.18 Å². The summed E-state index contributed by atoms with van der Waals surface area (Å²) in [5.41, 5.74) is 1.02. The molecular weight excluding hydrogens is 679 g/mol. The molecule has 11 nitrogen and oxygen atoms in total. The quantitative estimate of drug-likeness (QED) is 0.215. The molecule has 290 valence electrons. The highest BCUT2D eigenvalue weighted by molar-refractivity contribution is 5.82. The van der Waals surface area contributed by atoms with Crippen LogP contribution in [0.3, 0.4) is 0 Å². The third-order valence-electron chi connectivity index (χ3n) is 9.14. The maximum absolute atomic E-state index is 13.8. The Balaban J connectivity index is 1.37. The molecule has 4 rings (SSSR count). The molecule has 0 saturated carbocycles. The zero-order chi connectivity index (χ0) is 38.6. The van der Waals surface area contributed by atoms with Crippen LogP contribution in [0.15, 0.2) is 42.7 Å². The van der Waals surface area contributed by atoms with E-state index in [1.165, 1.54) is 0 Å². The van der Waals surface area contributed by atoms with Crippen molar-refractivity contribution in [3.05, 3.63) is 59.4 Å². The lowest BCUT2D eigenvalue weighted by molar-refractivity contribution is -0.155.